The maximum absolute atomic E-state index is 13.0. The fourth-order valence-electron chi connectivity index (χ4n) is 3.85. The van der Waals surface area contributed by atoms with E-state index in [9.17, 15) is 14.7 Å². The Morgan fingerprint density at radius 3 is 2.39 bits per heavy atom. The number of ketones is 1. The van der Waals surface area contributed by atoms with E-state index in [4.69, 9.17) is 9.15 Å². The molecule has 2 aromatic rings. The SMILES string of the molecule is CC[NH+](CC)CCN1C(=O)C(=O)C(=C(O)c2ccc(OC(C)C)cc2)[C@@H]1c1ccco1. The number of nitrogens with zero attached hydrogens (tertiary/aromatic N) is 1. The predicted molar refractivity (Wildman–Crippen MR) is 117 cm³/mol. The second-order valence-corrected chi connectivity index (χ2v) is 7.91. The fraction of sp³-hybridized carbons (Fsp3) is 0.417. The highest BCUT2D eigenvalue weighted by molar-refractivity contribution is 6.46. The molecule has 7 heteroatoms. The van der Waals surface area contributed by atoms with Gasteiger partial charge in [-0.2, -0.15) is 0 Å². The number of nitrogens with one attached hydrogen (secondary N) is 1. The summed E-state index contributed by atoms with van der Waals surface area (Å²) in [6.45, 7) is 11.0. The molecule has 2 heterocycles. The Balaban J connectivity index is 1.98. The summed E-state index contributed by atoms with van der Waals surface area (Å²) >= 11 is 0. The molecule has 1 atom stereocenters. The van der Waals surface area contributed by atoms with Crippen LogP contribution >= 0.6 is 0 Å². The summed E-state index contributed by atoms with van der Waals surface area (Å²) in [5.74, 6) is -0.411. The van der Waals surface area contributed by atoms with E-state index in [-0.39, 0.29) is 17.4 Å². The molecule has 166 valence electrons. The molecule has 1 amide bonds. The number of rotatable bonds is 9. The van der Waals surface area contributed by atoms with Crippen molar-refractivity contribution in [3.05, 3.63) is 59.6 Å². The molecule has 1 aliphatic heterocycles. The molecule has 1 aliphatic rings. The molecular weight excluding hydrogens is 396 g/mol. The van der Waals surface area contributed by atoms with Crippen molar-refractivity contribution in [2.24, 2.45) is 0 Å². The topological polar surface area (TPSA) is 84.4 Å². The Bertz CT molecular complexity index is 927. The fourth-order valence-corrected chi connectivity index (χ4v) is 3.85. The summed E-state index contributed by atoms with van der Waals surface area (Å²) in [4.78, 5) is 28.7. The zero-order chi connectivity index (χ0) is 22.5. The van der Waals surface area contributed by atoms with Crippen molar-refractivity contribution in [3.8, 4) is 5.75 Å². The molecule has 3 rings (SSSR count). The summed E-state index contributed by atoms with van der Waals surface area (Å²) in [6.07, 6.45) is 1.53. The van der Waals surface area contributed by atoms with E-state index in [0.717, 1.165) is 13.1 Å². The number of carbonyl (C=O) groups is 2. The number of ether oxygens (including phenoxy) is 1. The third-order valence-corrected chi connectivity index (χ3v) is 5.56. The number of furan rings is 1. The number of amides is 1. The molecule has 0 spiro atoms. The van der Waals surface area contributed by atoms with Gasteiger partial charge in [0.05, 0.1) is 44.1 Å². The summed E-state index contributed by atoms with van der Waals surface area (Å²) in [5, 5.41) is 11.0. The van der Waals surface area contributed by atoms with Gasteiger partial charge in [0.2, 0.25) is 0 Å². The second-order valence-electron chi connectivity index (χ2n) is 7.91. The number of likely N-dealkylation sites (N-methyl/N-ethyl adjacent to an activating group) is 1. The average Bonchev–Trinajstić information content (AvgIpc) is 3.36. The first-order valence-corrected chi connectivity index (χ1v) is 10.8. The highest BCUT2D eigenvalue weighted by Gasteiger charge is 2.47. The Morgan fingerprint density at radius 2 is 1.84 bits per heavy atom. The molecule has 7 nitrogen and oxygen atoms in total. The smallest absolute Gasteiger partial charge is 0.295 e. The van der Waals surface area contributed by atoms with Crippen LogP contribution in [0.25, 0.3) is 5.76 Å². The van der Waals surface area contributed by atoms with Crippen LogP contribution in [0.5, 0.6) is 5.75 Å². The van der Waals surface area contributed by atoms with Crippen molar-refractivity contribution in [2.75, 3.05) is 26.2 Å². The third-order valence-electron chi connectivity index (χ3n) is 5.56. The normalized spacial score (nSPS) is 18.4. The molecule has 0 radical (unpaired) electrons. The molecule has 0 unspecified atom stereocenters. The molecule has 1 aromatic heterocycles. The molecule has 2 N–H and O–H groups in total. The molecule has 1 aromatic carbocycles. The van der Waals surface area contributed by atoms with E-state index < -0.39 is 17.7 Å². The van der Waals surface area contributed by atoms with E-state index >= 15 is 0 Å². The van der Waals surface area contributed by atoms with Crippen molar-refractivity contribution in [1.29, 1.82) is 0 Å². The maximum atomic E-state index is 13.0. The maximum Gasteiger partial charge on any atom is 0.295 e. The standard InChI is InChI=1S/C24H30N2O5/c1-5-25(6-2)13-14-26-21(19-8-7-15-30-19)20(23(28)24(26)29)22(27)17-9-11-18(12-10-17)31-16(3)4/h7-12,15-16,21,27H,5-6,13-14H2,1-4H3/p+1/t21-/m0/s1. The second kappa shape index (κ2) is 9.83. The van der Waals surface area contributed by atoms with Gasteiger partial charge in [0.1, 0.15) is 23.3 Å². The number of carbonyl (C=O) groups excluding carboxylic acids is 2. The number of benzene rings is 1. The Hall–Kier alpha value is -3.06. The Kier molecular flexibility index (Phi) is 7.17. The largest absolute Gasteiger partial charge is 0.507 e. The number of Topliss-reactive ketones (excluding diaryl/α,β-unsaturated/α-hetero) is 1. The van der Waals surface area contributed by atoms with Crippen molar-refractivity contribution >= 4 is 17.4 Å². The highest BCUT2D eigenvalue weighted by Crippen LogP contribution is 2.39. The van der Waals surface area contributed by atoms with Crippen LogP contribution in [-0.2, 0) is 9.59 Å². The van der Waals surface area contributed by atoms with Gasteiger partial charge in [-0.1, -0.05) is 0 Å². The first-order valence-electron chi connectivity index (χ1n) is 10.8. The van der Waals surface area contributed by atoms with Crippen molar-refractivity contribution in [3.63, 3.8) is 0 Å². The van der Waals surface area contributed by atoms with Crippen LogP contribution < -0.4 is 9.64 Å². The summed E-state index contributed by atoms with van der Waals surface area (Å²) in [7, 11) is 0. The number of likely N-dealkylation sites (tertiary alicyclic amines) is 1. The zero-order valence-electron chi connectivity index (χ0n) is 18.6. The minimum Gasteiger partial charge on any atom is -0.507 e. The predicted octanol–water partition coefficient (Wildman–Crippen LogP) is 2.41. The first kappa shape index (κ1) is 22.6. The van der Waals surface area contributed by atoms with Gasteiger partial charge in [0.15, 0.2) is 0 Å². The Labute approximate surface area is 182 Å². The minimum absolute atomic E-state index is 0.0247. The van der Waals surface area contributed by atoms with Crippen LogP contribution in [0, 0.1) is 0 Å². The number of aliphatic hydroxyl groups excluding tert-OH is 1. The van der Waals surface area contributed by atoms with Gasteiger partial charge in [-0.25, -0.2) is 0 Å². The monoisotopic (exact) mass is 427 g/mol. The van der Waals surface area contributed by atoms with Crippen LogP contribution in [0.3, 0.4) is 0 Å². The molecule has 1 fully saturated rings. The van der Waals surface area contributed by atoms with E-state index in [1.54, 1.807) is 36.4 Å². The molecule has 1 saturated heterocycles. The van der Waals surface area contributed by atoms with Gasteiger partial charge in [0.25, 0.3) is 11.7 Å². The van der Waals surface area contributed by atoms with Crippen LogP contribution in [0.15, 0.2) is 52.7 Å². The van der Waals surface area contributed by atoms with Gasteiger partial charge in [-0.15, -0.1) is 0 Å². The minimum atomic E-state index is -0.753. The number of hydrogen-bond acceptors (Lipinski definition) is 5. The van der Waals surface area contributed by atoms with Gasteiger partial charge in [-0.3, -0.25) is 9.59 Å². The van der Waals surface area contributed by atoms with E-state index in [1.807, 2.05) is 13.8 Å². The van der Waals surface area contributed by atoms with Crippen molar-refractivity contribution < 1.29 is 28.7 Å². The first-order chi connectivity index (χ1) is 14.9. The van der Waals surface area contributed by atoms with Crippen LogP contribution in [0.2, 0.25) is 0 Å². The lowest BCUT2D eigenvalue weighted by molar-refractivity contribution is -0.895. The molecule has 0 aliphatic carbocycles. The van der Waals surface area contributed by atoms with E-state index in [1.165, 1.54) is 16.1 Å². The van der Waals surface area contributed by atoms with Crippen molar-refractivity contribution in [1.82, 2.24) is 4.90 Å². The lowest BCUT2D eigenvalue weighted by atomic mass is 9.99. The number of quaternary nitrogens is 1. The van der Waals surface area contributed by atoms with Crippen LogP contribution in [0.1, 0.15) is 45.1 Å². The lowest BCUT2D eigenvalue weighted by Crippen LogP contribution is -3.12. The lowest BCUT2D eigenvalue weighted by Gasteiger charge is -2.25. The van der Waals surface area contributed by atoms with Gasteiger partial charge >= 0.3 is 0 Å². The summed E-state index contributed by atoms with van der Waals surface area (Å²) in [5.41, 5.74) is 0.493. The summed E-state index contributed by atoms with van der Waals surface area (Å²) < 4.78 is 11.2. The quantitative estimate of drug-likeness (QED) is 0.365. The van der Waals surface area contributed by atoms with Crippen LogP contribution in [-0.4, -0.2) is 54.0 Å². The Morgan fingerprint density at radius 1 is 1.16 bits per heavy atom. The third kappa shape index (κ3) is 4.82. The van der Waals surface area contributed by atoms with Crippen molar-refractivity contribution in [2.45, 2.75) is 39.8 Å². The zero-order valence-corrected chi connectivity index (χ0v) is 18.6. The number of hydrogen-bond donors (Lipinski definition) is 2. The summed E-state index contributed by atoms with van der Waals surface area (Å²) in [6, 6.07) is 9.51. The highest BCUT2D eigenvalue weighted by atomic mass is 16.5. The van der Waals surface area contributed by atoms with Crippen LogP contribution in [0.4, 0.5) is 0 Å². The molecule has 31 heavy (non-hydrogen) atoms. The molecule has 0 bridgehead atoms. The van der Waals surface area contributed by atoms with Gasteiger partial charge in [-0.05, 0) is 64.1 Å². The van der Waals surface area contributed by atoms with E-state index in [0.29, 0.717) is 30.2 Å². The number of aliphatic hydroxyl groups is 1. The molecule has 0 saturated carbocycles. The van der Waals surface area contributed by atoms with E-state index in [2.05, 4.69) is 13.8 Å². The van der Waals surface area contributed by atoms with Gasteiger partial charge in [0, 0.05) is 5.56 Å². The molecular formula is C24H31N2O5+. The van der Waals surface area contributed by atoms with Gasteiger partial charge < -0.3 is 24.1 Å². The average molecular weight is 428 g/mol.